The fourth-order valence-electron chi connectivity index (χ4n) is 2.05. The van der Waals surface area contributed by atoms with Crippen LogP contribution in [0.2, 0.25) is 0 Å². The first-order chi connectivity index (χ1) is 8.99. The third-order valence-corrected chi connectivity index (χ3v) is 3.12. The molecule has 102 valence electrons. The molecule has 0 heterocycles. The molecule has 0 aromatic heterocycles. The summed E-state index contributed by atoms with van der Waals surface area (Å²) in [6.45, 7) is 0.0447. The van der Waals surface area contributed by atoms with E-state index in [1.54, 1.807) is 0 Å². The van der Waals surface area contributed by atoms with Crippen LogP contribution in [0.4, 0.5) is 8.78 Å². The molecular formula is C13H13F2NO3. The van der Waals surface area contributed by atoms with Crippen LogP contribution in [0.1, 0.15) is 24.3 Å². The van der Waals surface area contributed by atoms with Crippen LogP contribution in [-0.4, -0.2) is 23.5 Å². The molecule has 1 aromatic carbocycles. The van der Waals surface area contributed by atoms with Crippen molar-refractivity contribution in [1.29, 1.82) is 0 Å². The van der Waals surface area contributed by atoms with Crippen LogP contribution in [0.3, 0.4) is 0 Å². The summed E-state index contributed by atoms with van der Waals surface area (Å²) >= 11 is 0. The number of nitrogens with one attached hydrogen (secondary N) is 1. The zero-order valence-electron chi connectivity index (χ0n) is 10.0. The maximum atomic E-state index is 13.5. The number of carboxylic acids is 1. The second-order valence-corrected chi connectivity index (χ2v) is 4.55. The Labute approximate surface area is 108 Å². The van der Waals surface area contributed by atoms with Crippen molar-refractivity contribution >= 4 is 11.9 Å². The highest BCUT2D eigenvalue weighted by Gasteiger charge is 2.45. The molecule has 19 heavy (non-hydrogen) atoms. The van der Waals surface area contributed by atoms with E-state index in [0.29, 0.717) is 6.42 Å². The first-order valence-electron chi connectivity index (χ1n) is 5.93. The van der Waals surface area contributed by atoms with E-state index >= 15 is 0 Å². The summed E-state index contributed by atoms with van der Waals surface area (Å²) in [5.41, 5.74) is 0.207. The summed E-state index contributed by atoms with van der Waals surface area (Å²) in [5.74, 6) is -3.08. The van der Waals surface area contributed by atoms with Crippen molar-refractivity contribution in [3.05, 3.63) is 35.4 Å². The maximum Gasteiger partial charge on any atom is 0.305 e. The molecule has 1 amide bonds. The molecule has 6 heteroatoms. The molecule has 2 N–H and O–H groups in total. The molecule has 0 bridgehead atoms. The van der Waals surface area contributed by atoms with Gasteiger partial charge < -0.3 is 10.4 Å². The van der Waals surface area contributed by atoms with Gasteiger partial charge in [-0.3, -0.25) is 9.59 Å². The molecule has 2 atom stereocenters. The van der Waals surface area contributed by atoms with Crippen LogP contribution in [0.15, 0.2) is 18.2 Å². The first-order valence-corrected chi connectivity index (χ1v) is 5.93. The fraction of sp³-hybridized carbons (Fsp3) is 0.385. The lowest BCUT2D eigenvalue weighted by atomic mass is 10.1. The molecule has 0 unspecified atom stereocenters. The molecule has 0 radical (unpaired) electrons. The molecule has 1 fully saturated rings. The summed E-state index contributed by atoms with van der Waals surface area (Å²) in [6, 6.07) is 3.18. The summed E-state index contributed by atoms with van der Waals surface area (Å²) in [4.78, 5) is 21.9. The van der Waals surface area contributed by atoms with Gasteiger partial charge in [-0.25, -0.2) is 8.78 Å². The zero-order chi connectivity index (χ0) is 14.0. The highest BCUT2D eigenvalue weighted by Crippen LogP contribution is 2.48. The van der Waals surface area contributed by atoms with Gasteiger partial charge in [-0.15, -0.1) is 0 Å². The van der Waals surface area contributed by atoms with Crippen LogP contribution >= 0.6 is 0 Å². The summed E-state index contributed by atoms with van der Waals surface area (Å²) < 4.78 is 26.5. The molecular weight excluding hydrogens is 256 g/mol. The number of carboxylic acid groups (broad SMARTS) is 1. The Morgan fingerprint density at radius 2 is 2.11 bits per heavy atom. The van der Waals surface area contributed by atoms with E-state index in [1.807, 2.05) is 0 Å². The van der Waals surface area contributed by atoms with Crippen LogP contribution in [0.25, 0.3) is 0 Å². The molecule has 1 aromatic rings. The van der Waals surface area contributed by atoms with Crippen molar-refractivity contribution in [2.24, 2.45) is 5.92 Å². The number of aliphatic carboxylic acids is 1. The monoisotopic (exact) mass is 269 g/mol. The predicted molar refractivity (Wildman–Crippen MR) is 62.5 cm³/mol. The lowest BCUT2D eigenvalue weighted by molar-refractivity contribution is -0.136. The predicted octanol–water partition coefficient (Wildman–Crippen LogP) is 1.66. The number of hydrogen-bond donors (Lipinski definition) is 2. The van der Waals surface area contributed by atoms with Crippen LogP contribution in [-0.2, 0) is 9.59 Å². The number of halogens is 2. The van der Waals surface area contributed by atoms with Gasteiger partial charge >= 0.3 is 5.97 Å². The van der Waals surface area contributed by atoms with E-state index in [-0.39, 0.29) is 30.4 Å². The van der Waals surface area contributed by atoms with Gasteiger partial charge in [-0.2, -0.15) is 0 Å². The molecule has 1 aliphatic carbocycles. The third kappa shape index (κ3) is 3.27. The van der Waals surface area contributed by atoms with Gasteiger partial charge in [0.2, 0.25) is 5.91 Å². The second-order valence-electron chi connectivity index (χ2n) is 4.55. The minimum absolute atomic E-state index is 0.0447. The Hall–Kier alpha value is -1.98. The summed E-state index contributed by atoms with van der Waals surface area (Å²) in [7, 11) is 0. The van der Waals surface area contributed by atoms with Crippen molar-refractivity contribution in [3.63, 3.8) is 0 Å². The van der Waals surface area contributed by atoms with Crippen LogP contribution in [0, 0.1) is 17.6 Å². The number of benzene rings is 1. The SMILES string of the molecule is O=C(O)CCNC(=O)[C@H]1C[C@H]1c1cc(F)ccc1F. The summed E-state index contributed by atoms with van der Waals surface area (Å²) in [5, 5.41) is 10.9. The van der Waals surface area contributed by atoms with Gasteiger partial charge in [0, 0.05) is 12.5 Å². The van der Waals surface area contributed by atoms with Gasteiger partial charge in [0.05, 0.1) is 6.42 Å². The number of hydrogen-bond acceptors (Lipinski definition) is 2. The first kappa shape index (κ1) is 13.5. The molecule has 2 rings (SSSR count). The van der Waals surface area contributed by atoms with E-state index in [1.165, 1.54) is 0 Å². The third-order valence-electron chi connectivity index (χ3n) is 3.12. The van der Waals surface area contributed by atoms with Crippen molar-refractivity contribution in [1.82, 2.24) is 5.32 Å². The minimum atomic E-state index is -0.996. The lowest BCUT2D eigenvalue weighted by Gasteiger charge is -2.04. The van der Waals surface area contributed by atoms with Gasteiger partial charge in [-0.1, -0.05) is 0 Å². The quantitative estimate of drug-likeness (QED) is 0.854. The van der Waals surface area contributed by atoms with Gasteiger partial charge in [-0.05, 0) is 36.1 Å². The van der Waals surface area contributed by atoms with Crippen molar-refractivity contribution in [2.75, 3.05) is 6.54 Å². The lowest BCUT2D eigenvalue weighted by Crippen LogP contribution is -2.27. The Balaban J connectivity index is 1.91. The normalized spacial score (nSPS) is 20.9. The van der Waals surface area contributed by atoms with E-state index in [0.717, 1.165) is 18.2 Å². The van der Waals surface area contributed by atoms with Crippen LogP contribution in [0.5, 0.6) is 0 Å². The Kier molecular flexibility index (Phi) is 3.78. The van der Waals surface area contributed by atoms with Gasteiger partial charge in [0.15, 0.2) is 0 Å². The van der Waals surface area contributed by atoms with Gasteiger partial charge in [0.25, 0.3) is 0 Å². The fourth-order valence-corrected chi connectivity index (χ4v) is 2.05. The zero-order valence-corrected chi connectivity index (χ0v) is 10.0. The molecule has 1 aliphatic rings. The van der Waals surface area contributed by atoms with Crippen LogP contribution < -0.4 is 5.32 Å². The standard InChI is InChI=1S/C13H13F2NO3/c14-7-1-2-11(15)9(5-7)8-6-10(8)13(19)16-4-3-12(17)18/h1-2,5,8,10H,3-4,6H2,(H,16,19)(H,17,18)/t8-,10-/m0/s1. The maximum absolute atomic E-state index is 13.5. The van der Waals surface area contributed by atoms with E-state index in [2.05, 4.69) is 5.32 Å². The summed E-state index contributed by atoms with van der Waals surface area (Å²) in [6.07, 6.45) is 0.302. The average molecular weight is 269 g/mol. The smallest absolute Gasteiger partial charge is 0.305 e. The minimum Gasteiger partial charge on any atom is -0.481 e. The molecule has 0 spiro atoms. The van der Waals surface area contributed by atoms with E-state index < -0.39 is 23.5 Å². The Bertz CT molecular complexity index is 519. The molecule has 4 nitrogen and oxygen atoms in total. The van der Waals surface area contributed by atoms with Gasteiger partial charge in [0.1, 0.15) is 11.6 Å². The Morgan fingerprint density at radius 1 is 1.37 bits per heavy atom. The van der Waals surface area contributed by atoms with E-state index in [4.69, 9.17) is 5.11 Å². The number of carbonyl (C=O) groups excluding carboxylic acids is 1. The molecule has 1 saturated carbocycles. The second kappa shape index (κ2) is 5.34. The number of amides is 1. The number of carbonyl (C=O) groups is 2. The van der Waals surface area contributed by atoms with Crippen molar-refractivity contribution in [3.8, 4) is 0 Å². The number of rotatable bonds is 5. The van der Waals surface area contributed by atoms with E-state index in [9.17, 15) is 18.4 Å². The molecule has 0 saturated heterocycles. The topological polar surface area (TPSA) is 66.4 Å². The highest BCUT2D eigenvalue weighted by atomic mass is 19.1. The largest absolute Gasteiger partial charge is 0.481 e. The van der Waals surface area contributed by atoms with Crippen molar-refractivity contribution < 1.29 is 23.5 Å². The van der Waals surface area contributed by atoms with Crippen molar-refractivity contribution in [2.45, 2.75) is 18.8 Å². The molecule has 0 aliphatic heterocycles. The average Bonchev–Trinajstić information content (AvgIpc) is 3.11. The Morgan fingerprint density at radius 3 is 2.79 bits per heavy atom. The highest BCUT2D eigenvalue weighted by molar-refractivity contribution is 5.83.